The Morgan fingerprint density at radius 1 is 1.37 bits per heavy atom. The van der Waals surface area contributed by atoms with E-state index in [1.165, 1.54) is 24.1 Å². The Morgan fingerprint density at radius 2 is 2.16 bits per heavy atom. The zero-order valence-electron chi connectivity index (χ0n) is 10.7. The first-order chi connectivity index (χ1) is 9.11. The molecule has 0 aliphatic rings. The second kappa shape index (κ2) is 5.43. The molecule has 0 N–H and O–H groups in total. The van der Waals surface area contributed by atoms with Crippen molar-refractivity contribution < 1.29 is 14.3 Å². The van der Waals surface area contributed by atoms with Crippen LogP contribution >= 0.6 is 0 Å². The van der Waals surface area contributed by atoms with E-state index in [0.29, 0.717) is 11.4 Å². The molecule has 0 atom stereocenters. The number of aryl methyl sites for hydroxylation is 1. The number of aromatic nitrogens is 3. The molecule has 0 spiro atoms. The van der Waals surface area contributed by atoms with Gasteiger partial charge in [0, 0.05) is 31.1 Å². The number of Topliss-reactive ketones (excluding diaryl/α,β-unsaturated/α-hetero) is 2. The maximum Gasteiger partial charge on any atom is 0.211 e. The number of hydrogen-bond donors (Lipinski definition) is 0. The molecule has 0 fully saturated rings. The quantitative estimate of drug-likeness (QED) is 0.597. The fourth-order valence-corrected chi connectivity index (χ4v) is 1.64. The lowest BCUT2D eigenvalue weighted by atomic mass is 10.1. The summed E-state index contributed by atoms with van der Waals surface area (Å²) >= 11 is 0. The molecule has 98 valence electrons. The van der Waals surface area contributed by atoms with Crippen molar-refractivity contribution in [2.24, 2.45) is 7.05 Å². The van der Waals surface area contributed by atoms with Crippen molar-refractivity contribution in [1.82, 2.24) is 14.8 Å². The zero-order chi connectivity index (χ0) is 13.8. The zero-order valence-corrected chi connectivity index (χ0v) is 10.7. The second-order valence-corrected chi connectivity index (χ2v) is 3.96. The Balaban J connectivity index is 2.11. The first-order valence-corrected chi connectivity index (χ1v) is 5.66. The van der Waals surface area contributed by atoms with Gasteiger partial charge >= 0.3 is 0 Å². The molecule has 2 rings (SSSR count). The van der Waals surface area contributed by atoms with Crippen molar-refractivity contribution in [3.05, 3.63) is 41.9 Å². The molecule has 19 heavy (non-hydrogen) atoms. The number of ether oxygens (including phenoxy) is 1. The standard InChI is InChI=1S/C13H13N3O3/c1-16-13(19-2)6-10(15-16)12(18)7-11(17)9-4-3-5-14-8-9/h3-6,8H,7H2,1-2H3. The van der Waals surface area contributed by atoms with Crippen molar-refractivity contribution >= 4 is 11.6 Å². The van der Waals surface area contributed by atoms with Gasteiger partial charge in [-0.15, -0.1) is 0 Å². The Hall–Kier alpha value is -2.50. The van der Waals surface area contributed by atoms with E-state index >= 15 is 0 Å². The molecule has 2 aromatic heterocycles. The van der Waals surface area contributed by atoms with Crippen LogP contribution in [0.3, 0.4) is 0 Å². The van der Waals surface area contributed by atoms with Crippen LogP contribution in [0.5, 0.6) is 5.88 Å². The summed E-state index contributed by atoms with van der Waals surface area (Å²) in [4.78, 5) is 27.6. The number of carbonyl (C=O) groups is 2. The fourth-order valence-electron chi connectivity index (χ4n) is 1.64. The van der Waals surface area contributed by atoms with E-state index in [0.717, 1.165) is 0 Å². The van der Waals surface area contributed by atoms with Crippen LogP contribution in [0, 0.1) is 0 Å². The van der Waals surface area contributed by atoms with Gasteiger partial charge in [-0.25, -0.2) is 4.68 Å². The van der Waals surface area contributed by atoms with Crippen LogP contribution < -0.4 is 4.74 Å². The van der Waals surface area contributed by atoms with Crippen molar-refractivity contribution in [1.29, 1.82) is 0 Å². The normalized spacial score (nSPS) is 10.2. The molecule has 0 amide bonds. The van der Waals surface area contributed by atoms with Crippen LogP contribution in [0.1, 0.15) is 27.3 Å². The van der Waals surface area contributed by atoms with Crippen molar-refractivity contribution in [2.45, 2.75) is 6.42 Å². The summed E-state index contributed by atoms with van der Waals surface area (Å²) in [6, 6.07) is 4.79. The van der Waals surface area contributed by atoms with E-state index in [1.807, 2.05) is 0 Å². The number of rotatable bonds is 5. The van der Waals surface area contributed by atoms with Gasteiger partial charge in [-0.05, 0) is 12.1 Å². The van der Waals surface area contributed by atoms with Gasteiger partial charge in [-0.3, -0.25) is 14.6 Å². The van der Waals surface area contributed by atoms with Gasteiger partial charge in [0.2, 0.25) is 5.88 Å². The first-order valence-electron chi connectivity index (χ1n) is 5.66. The lowest BCUT2D eigenvalue weighted by Gasteiger charge is -1.97. The maximum absolute atomic E-state index is 11.9. The van der Waals surface area contributed by atoms with E-state index < -0.39 is 0 Å². The summed E-state index contributed by atoms with van der Waals surface area (Å²) in [5.74, 6) is -0.146. The lowest BCUT2D eigenvalue weighted by Crippen LogP contribution is -2.09. The minimum atomic E-state index is -0.340. The molecule has 6 heteroatoms. The molecule has 0 bridgehead atoms. The summed E-state index contributed by atoms with van der Waals surface area (Å²) in [6.07, 6.45) is 2.78. The first kappa shape index (κ1) is 12.9. The Labute approximate surface area is 110 Å². The average molecular weight is 259 g/mol. The summed E-state index contributed by atoms with van der Waals surface area (Å²) in [5.41, 5.74) is 0.635. The Kier molecular flexibility index (Phi) is 3.70. The molecule has 0 aliphatic carbocycles. The molecular formula is C13H13N3O3. The number of nitrogens with zero attached hydrogens (tertiary/aromatic N) is 3. The van der Waals surface area contributed by atoms with Gasteiger partial charge in [0.25, 0.3) is 0 Å². The third-order valence-electron chi connectivity index (χ3n) is 2.64. The smallest absolute Gasteiger partial charge is 0.211 e. The summed E-state index contributed by atoms with van der Waals surface area (Å²) in [5, 5.41) is 4.00. The van der Waals surface area contributed by atoms with Gasteiger partial charge in [0.1, 0.15) is 5.69 Å². The lowest BCUT2D eigenvalue weighted by molar-refractivity contribution is 0.0891. The number of pyridine rings is 1. The van der Waals surface area contributed by atoms with Crippen LogP contribution in [0.2, 0.25) is 0 Å². The third kappa shape index (κ3) is 2.85. The molecule has 0 unspecified atom stereocenters. The van der Waals surface area contributed by atoms with E-state index in [2.05, 4.69) is 10.1 Å². The van der Waals surface area contributed by atoms with Crippen LogP contribution in [-0.2, 0) is 7.05 Å². The van der Waals surface area contributed by atoms with E-state index in [-0.39, 0.29) is 23.7 Å². The largest absolute Gasteiger partial charge is 0.481 e. The highest BCUT2D eigenvalue weighted by molar-refractivity contribution is 6.12. The van der Waals surface area contributed by atoms with Gasteiger partial charge in [-0.1, -0.05) is 0 Å². The van der Waals surface area contributed by atoms with E-state index in [1.54, 1.807) is 25.4 Å². The van der Waals surface area contributed by atoms with E-state index in [9.17, 15) is 9.59 Å². The molecular weight excluding hydrogens is 246 g/mol. The third-order valence-corrected chi connectivity index (χ3v) is 2.64. The summed E-state index contributed by atoms with van der Waals surface area (Å²) in [7, 11) is 3.16. The van der Waals surface area contributed by atoms with E-state index in [4.69, 9.17) is 4.74 Å². The van der Waals surface area contributed by atoms with Crippen molar-refractivity contribution in [3.63, 3.8) is 0 Å². The topological polar surface area (TPSA) is 74.1 Å². The Morgan fingerprint density at radius 3 is 2.74 bits per heavy atom. The predicted molar refractivity (Wildman–Crippen MR) is 67.3 cm³/mol. The number of methoxy groups -OCH3 is 1. The molecule has 2 aromatic rings. The minimum Gasteiger partial charge on any atom is -0.481 e. The van der Waals surface area contributed by atoms with Gasteiger partial charge in [0.15, 0.2) is 11.6 Å². The highest BCUT2D eigenvalue weighted by atomic mass is 16.5. The SMILES string of the molecule is COc1cc(C(=O)CC(=O)c2cccnc2)nn1C. The van der Waals surface area contributed by atoms with Crippen LogP contribution in [0.4, 0.5) is 0 Å². The van der Waals surface area contributed by atoms with Gasteiger partial charge in [-0.2, -0.15) is 5.10 Å². The molecule has 0 aromatic carbocycles. The molecule has 0 saturated carbocycles. The fraction of sp³-hybridized carbons (Fsp3) is 0.231. The molecule has 0 saturated heterocycles. The summed E-state index contributed by atoms with van der Waals surface area (Å²) in [6.45, 7) is 0. The Bertz CT molecular complexity index is 605. The number of carbonyl (C=O) groups excluding carboxylic acids is 2. The highest BCUT2D eigenvalue weighted by Crippen LogP contribution is 2.13. The molecule has 2 heterocycles. The molecule has 0 aliphatic heterocycles. The monoisotopic (exact) mass is 259 g/mol. The van der Waals surface area contributed by atoms with Gasteiger partial charge in [0.05, 0.1) is 13.5 Å². The van der Waals surface area contributed by atoms with Crippen molar-refractivity contribution in [3.8, 4) is 5.88 Å². The summed E-state index contributed by atoms with van der Waals surface area (Å²) < 4.78 is 6.46. The average Bonchev–Trinajstić information content (AvgIpc) is 2.81. The number of ketones is 2. The second-order valence-electron chi connectivity index (χ2n) is 3.96. The predicted octanol–water partition coefficient (Wildman–Crippen LogP) is 1.28. The molecule has 6 nitrogen and oxygen atoms in total. The molecule has 0 radical (unpaired) electrons. The van der Waals surface area contributed by atoms with Crippen molar-refractivity contribution in [2.75, 3.05) is 7.11 Å². The van der Waals surface area contributed by atoms with Crippen LogP contribution in [0.25, 0.3) is 0 Å². The number of hydrogen-bond acceptors (Lipinski definition) is 5. The maximum atomic E-state index is 11.9. The minimum absolute atomic E-state index is 0.219. The van der Waals surface area contributed by atoms with Crippen LogP contribution in [-0.4, -0.2) is 33.4 Å². The van der Waals surface area contributed by atoms with Gasteiger partial charge < -0.3 is 4.74 Å². The van der Waals surface area contributed by atoms with Crippen LogP contribution in [0.15, 0.2) is 30.6 Å². The highest BCUT2D eigenvalue weighted by Gasteiger charge is 2.17.